The van der Waals surface area contributed by atoms with Crippen LogP contribution in [0.2, 0.25) is 0 Å². The van der Waals surface area contributed by atoms with Crippen molar-refractivity contribution in [1.29, 1.82) is 0 Å². The minimum atomic E-state index is 0.474. The van der Waals surface area contributed by atoms with Crippen molar-refractivity contribution in [1.82, 2.24) is 9.88 Å². The predicted octanol–water partition coefficient (Wildman–Crippen LogP) is 4.86. The summed E-state index contributed by atoms with van der Waals surface area (Å²) in [6.45, 7) is 12.5. The van der Waals surface area contributed by atoms with Gasteiger partial charge in [-0.05, 0) is 70.4 Å². The van der Waals surface area contributed by atoms with E-state index in [1.807, 2.05) is 6.20 Å². The molecule has 0 saturated carbocycles. The second-order valence-corrected chi connectivity index (χ2v) is 6.50. The van der Waals surface area contributed by atoms with Crippen LogP contribution in [0.4, 0.5) is 5.69 Å². The maximum absolute atomic E-state index is 4.48. The van der Waals surface area contributed by atoms with Gasteiger partial charge in [0.25, 0.3) is 0 Å². The highest BCUT2D eigenvalue weighted by Gasteiger charge is 2.07. The van der Waals surface area contributed by atoms with E-state index >= 15 is 0 Å². The third-order valence-corrected chi connectivity index (χ3v) is 4.40. The highest BCUT2D eigenvalue weighted by molar-refractivity contribution is 5.91. The van der Waals surface area contributed by atoms with Gasteiger partial charge in [-0.1, -0.05) is 26.0 Å². The van der Waals surface area contributed by atoms with Gasteiger partial charge in [-0.15, -0.1) is 0 Å². The summed E-state index contributed by atoms with van der Waals surface area (Å²) >= 11 is 0. The molecule has 1 N–H and O–H groups in total. The summed E-state index contributed by atoms with van der Waals surface area (Å²) in [7, 11) is 0. The van der Waals surface area contributed by atoms with Crippen LogP contribution in [-0.2, 0) is 0 Å². The molecule has 126 valence electrons. The fourth-order valence-corrected chi connectivity index (χ4v) is 3.09. The van der Waals surface area contributed by atoms with Gasteiger partial charge in [0.2, 0.25) is 0 Å². The molecular formula is C20H31N3. The van der Waals surface area contributed by atoms with E-state index in [1.165, 1.54) is 49.0 Å². The minimum absolute atomic E-state index is 0.474. The van der Waals surface area contributed by atoms with Crippen molar-refractivity contribution < 1.29 is 0 Å². The summed E-state index contributed by atoms with van der Waals surface area (Å²) < 4.78 is 0. The van der Waals surface area contributed by atoms with Crippen LogP contribution in [0.5, 0.6) is 0 Å². The van der Waals surface area contributed by atoms with Crippen LogP contribution < -0.4 is 5.32 Å². The smallest absolute Gasteiger partial charge is 0.0725 e. The number of aryl methyl sites for hydroxylation is 1. The normalized spacial score (nSPS) is 12.7. The molecule has 3 nitrogen and oxygen atoms in total. The summed E-state index contributed by atoms with van der Waals surface area (Å²) in [4.78, 5) is 7.02. The molecule has 0 aliphatic heterocycles. The third kappa shape index (κ3) is 5.21. The highest BCUT2D eigenvalue weighted by Crippen LogP contribution is 2.23. The number of benzene rings is 1. The number of pyridine rings is 1. The molecule has 1 atom stereocenters. The Morgan fingerprint density at radius 3 is 2.74 bits per heavy atom. The molecule has 0 bridgehead atoms. The zero-order valence-corrected chi connectivity index (χ0v) is 15.1. The van der Waals surface area contributed by atoms with Crippen molar-refractivity contribution in [2.75, 3.05) is 25.0 Å². The van der Waals surface area contributed by atoms with Crippen molar-refractivity contribution in [2.24, 2.45) is 0 Å². The van der Waals surface area contributed by atoms with E-state index in [2.05, 4.69) is 67.2 Å². The van der Waals surface area contributed by atoms with Crippen molar-refractivity contribution >= 4 is 16.6 Å². The maximum atomic E-state index is 4.48. The standard InChI is InChI=1S/C20H31N3/c1-5-13-23(6-2)14-7-8-17(4)22-19-11-12-21-20-15-16(3)9-10-18(19)20/h9-12,15,17H,5-8,13-14H2,1-4H3,(H,21,22). The number of nitrogens with zero attached hydrogens (tertiary/aromatic N) is 2. The van der Waals surface area contributed by atoms with Gasteiger partial charge in [0.15, 0.2) is 0 Å². The largest absolute Gasteiger partial charge is 0.382 e. The molecule has 1 aromatic heterocycles. The van der Waals surface area contributed by atoms with E-state index in [4.69, 9.17) is 0 Å². The van der Waals surface area contributed by atoms with E-state index in [0.717, 1.165) is 12.1 Å². The summed E-state index contributed by atoms with van der Waals surface area (Å²) in [5, 5.41) is 4.88. The fraction of sp³-hybridized carbons (Fsp3) is 0.550. The van der Waals surface area contributed by atoms with Crippen molar-refractivity contribution in [3.8, 4) is 0 Å². The summed E-state index contributed by atoms with van der Waals surface area (Å²) in [5.41, 5.74) is 3.52. The van der Waals surface area contributed by atoms with Gasteiger partial charge in [0.05, 0.1) is 5.52 Å². The molecular weight excluding hydrogens is 282 g/mol. The molecule has 2 rings (SSSR count). The molecule has 1 unspecified atom stereocenters. The number of hydrogen-bond acceptors (Lipinski definition) is 3. The number of hydrogen-bond donors (Lipinski definition) is 1. The van der Waals surface area contributed by atoms with Crippen molar-refractivity contribution in [3.63, 3.8) is 0 Å². The highest BCUT2D eigenvalue weighted by atomic mass is 15.1. The lowest BCUT2D eigenvalue weighted by Crippen LogP contribution is -2.26. The molecule has 1 heterocycles. The van der Waals surface area contributed by atoms with Crippen LogP contribution in [-0.4, -0.2) is 35.6 Å². The molecule has 23 heavy (non-hydrogen) atoms. The van der Waals surface area contributed by atoms with Crippen molar-refractivity contribution in [3.05, 3.63) is 36.0 Å². The van der Waals surface area contributed by atoms with Crippen LogP contribution in [0, 0.1) is 6.92 Å². The number of fused-ring (bicyclic) bond motifs is 1. The molecule has 0 radical (unpaired) electrons. The first-order valence-corrected chi connectivity index (χ1v) is 8.98. The average Bonchev–Trinajstić information content (AvgIpc) is 2.54. The number of anilines is 1. The molecule has 1 aromatic carbocycles. The second kappa shape index (κ2) is 8.88. The molecule has 0 aliphatic carbocycles. The Labute approximate surface area is 141 Å². The summed E-state index contributed by atoms with van der Waals surface area (Å²) in [6, 6.07) is 9.04. The predicted molar refractivity (Wildman–Crippen MR) is 101 cm³/mol. The van der Waals surface area contributed by atoms with Gasteiger partial charge in [0.1, 0.15) is 0 Å². The molecule has 0 aliphatic rings. The Hall–Kier alpha value is -1.61. The lowest BCUT2D eigenvalue weighted by Gasteiger charge is -2.21. The molecule has 2 aromatic rings. The first-order valence-electron chi connectivity index (χ1n) is 8.98. The fourth-order valence-electron chi connectivity index (χ4n) is 3.09. The van der Waals surface area contributed by atoms with Gasteiger partial charge in [-0.3, -0.25) is 4.98 Å². The average molecular weight is 313 g/mol. The van der Waals surface area contributed by atoms with Crippen LogP contribution in [0.25, 0.3) is 10.9 Å². The van der Waals surface area contributed by atoms with Gasteiger partial charge < -0.3 is 10.2 Å². The zero-order chi connectivity index (χ0) is 16.7. The summed E-state index contributed by atoms with van der Waals surface area (Å²) in [6.07, 6.45) is 5.57. The second-order valence-electron chi connectivity index (χ2n) is 6.50. The number of rotatable bonds is 9. The van der Waals surface area contributed by atoms with E-state index in [0.29, 0.717) is 6.04 Å². The Balaban J connectivity index is 1.91. The Morgan fingerprint density at radius 1 is 1.17 bits per heavy atom. The number of aromatic nitrogens is 1. The monoisotopic (exact) mass is 313 g/mol. The van der Waals surface area contributed by atoms with E-state index in [1.54, 1.807) is 0 Å². The van der Waals surface area contributed by atoms with Gasteiger partial charge in [0, 0.05) is 23.3 Å². The Morgan fingerprint density at radius 2 is 2.00 bits per heavy atom. The summed E-state index contributed by atoms with van der Waals surface area (Å²) in [5.74, 6) is 0. The number of nitrogens with one attached hydrogen (secondary N) is 1. The minimum Gasteiger partial charge on any atom is -0.382 e. The maximum Gasteiger partial charge on any atom is 0.0725 e. The molecule has 0 spiro atoms. The third-order valence-electron chi connectivity index (χ3n) is 4.40. The first-order chi connectivity index (χ1) is 11.1. The SMILES string of the molecule is CCCN(CC)CCCC(C)Nc1ccnc2cc(C)ccc12. The molecule has 0 fully saturated rings. The van der Waals surface area contributed by atoms with Crippen LogP contribution in [0.15, 0.2) is 30.5 Å². The lowest BCUT2D eigenvalue weighted by atomic mass is 10.1. The quantitative estimate of drug-likeness (QED) is 0.717. The topological polar surface area (TPSA) is 28.2 Å². The van der Waals surface area contributed by atoms with Crippen LogP contribution in [0.3, 0.4) is 0 Å². The first kappa shape index (κ1) is 17.7. The van der Waals surface area contributed by atoms with Gasteiger partial charge in [-0.25, -0.2) is 0 Å². The van der Waals surface area contributed by atoms with Crippen LogP contribution >= 0.6 is 0 Å². The van der Waals surface area contributed by atoms with Crippen LogP contribution in [0.1, 0.15) is 45.6 Å². The van der Waals surface area contributed by atoms with E-state index in [9.17, 15) is 0 Å². The van der Waals surface area contributed by atoms with Gasteiger partial charge in [-0.2, -0.15) is 0 Å². The zero-order valence-electron chi connectivity index (χ0n) is 15.1. The van der Waals surface area contributed by atoms with E-state index in [-0.39, 0.29) is 0 Å². The molecule has 3 heteroatoms. The van der Waals surface area contributed by atoms with Gasteiger partial charge >= 0.3 is 0 Å². The molecule has 0 amide bonds. The van der Waals surface area contributed by atoms with E-state index < -0.39 is 0 Å². The molecule has 0 saturated heterocycles. The van der Waals surface area contributed by atoms with Crippen molar-refractivity contribution in [2.45, 2.75) is 53.0 Å². The Bertz CT molecular complexity index is 609. The lowest BCUT2D eigenvalue weighted by molar-refractivity contribution is 0.281. The Kier molecular flexibility index (Phi) is 6.85.